The third-order valence-corrected chi connectivity index (χ3v) is 10.2. The standard InChI is InChI=1S/C16H15ClN4O5S.C16H15ClN4O3S/c1-2-9-6-14(27(25,26)11-5-3-4-10(17)7-11)13(21(23)24)8-12(9)15(22)20-16(18)19;1-2-9-6-14(25-11-5-3-4-10(17)7-11)13(21(23)24)8-12(9)15(22)20-16(18)19/h3-8H,2H2,1H3,(H4,18,19,20,22);3-8H,2H2,1H3,(H4,18,19,20,22). The normalized spacial score (nSPS) is 10.7. The summed E-state index contributed by atoms with van der Waals surface area (Å²) in [4.78, 5) is 53.0. The highest BCUT2D eigenvalue weighted by molar-refractivity contribution is 7.99. The number of amides is 2. The number of rotatable bonds is 10. The Morgan fingerprint density at radius 3 is 1.67 bits per heavy atom. The van der Waals surface area contributed by atoms with E-state index in [1.165, 1.54) is 42.1 Å². The molecule has 4 rings (SSSR count). The molecule has 0 aromatic heterocycles. The molecule has 0 unspecified atom stereocenters. The number of guanidine groups is 2. The van der Waals surface area contributed by atoms with Gasteiger partial charge in [0, 0.05) is 27.1 Å². The molecule has 8 N–H and O–H groups in total. The van der Waals surface area contributed by atoms with E-state index in [-0.39, 0.29) is 38.7 Å². The first-order valence-electron chi connectivity index (χ1n) is 14.7. The fourth-order valence-corrected chi connectivity index (χ4v) is 7.60. The van der Waals surface area contributed by atoms with Crippen LogP contribution in [-0.4, -0.2) is 42.0 Å². The van der Waals surface area contributed by atoms with E-state index in [2.05, 4.69) is 9.98 Å². The molecule has 0 aliphatic heterocycles. The monoisotopic (exact) mass is 788 g/mol. The van der Waals surface area contributed by atoms with Crippen molar-refractivity contribution in [2.75, 3.05) is 0 Å². The van der Waals surface area contributed by atoms with Gasteiger partial charge in [0.2, 0.25) is 9.84 Å². The molecule has 0 fully saturated rings. The van der Waals surface area contributed by atoms with Crippen LogP contribution >= 0.6 is 35.0 Å². The smallest absolute Gasteiger partial charge is 0.289 e. The highest BCUT2D eigenvalue weighted by Crippen LogP contribution is 2.38. The number of carbonyl (C=O) groups excluding carboxylic acids is 2. The highest BCUT2D eigenvalue weighted by atomic mass is 35.5. The number of nitro groups is 2. The molecule has 0 atom stereocenters. The number of hydrogen-bond donors (Lipinski definition) is 4. The van der Waals surface area contributed by atoms with Crippen LogP contribution in [-0.2, 0) is 22.7 Å². The van der Waals surface area contributed by atoms with Crippen LogP contribution in [0.5, 0.6) is 0 Å². The van der Waals surface area contributed by atoms with Crippen LogP contribution in [0.1, 0.15) is 45.7 Å². The lowest BCUT2D eigenvalue weighted by Gasteiger charge is -2.11. The van der Waals surface area contributed by atoms with Gasteiger partial charge in [-0.1, -0.05) is 60.9 Å². The van der Waals surface area contributed by atoms with Crippen molar-refractivity contribution in [3.63, 3.8) is 0 Å². The number of hydrogen-bond acceptors (Lipinski definition) is 9. The number of halogens is 2. The maximum atomic E-state index is 12.9. The van der Waals surface area contributed by atoms with Crippen molar-refractivity contribution in [1.82, 2.24) is 0 Å². The van der Waals surface area contributed by atoms with Gasteiger partial charge in [-0.15, -0.1) is 0 Å². The zero-order valence-corrected chi connectivity index (χ0v) is 30.4. The molecule has 16 nitrogen and oxygen atoms in total. The van der Waals surface area contributed by atoms with E-state index in [1.807, 2.05) is 6.92 Å². The van der Waals surface area contributed by atoms with E-state index in [0.29, 0.717) is 21.9 Å². The number of carbonyl (C=O) groups is 2. The van der Waals surface area contributed by atoms with Gasteiger partial charge in [-0.05, 0) is 72.5 Å². The number of benzene rings is 4. The van der Waals surface area contributed by atoms with E-state index in [0.717, 1.165) is 17.0 Å². The van der Waals surface area contributed by atoms with E-state index in [9.17, 15) is 38.2 Å². The SMILES string of the molecule is CCc1cc(S(=O)(=O)c2cccc(Cl)c2)c([N+](=O)[O-])cc1C(=O)N=C(N)N.CCc1cc(Sc2cccc(Cl)c2)c([N+](=O)[O-])cc1C(=O)N=C(N)N. The number of aliphatic imine (C=N–C) groups is 2. The minimum atomic E-state index is -4.26. The molecule has 272 valence electrons. The summed E-state index contributed by atoms with van der Waals surface area (Å²) in [5.41, 5.74) is 20.7. The summed E-state index contributed by atoms with van der Waals surface area (Å²) >= 11 is 13.0. The largest absolute Gasteiger partial charge is 0.370 e. The molecule has 0 aliphatic carbocycles. The van der Waals surface area contributed by atoms with Crippen LogP contribution in [0.2, 0.25) is 10.0 Å². The number of nitro benzene ring substituents is 2. The lowest BCUT2D eigenvalue weighted by molar-refractivity contribution is -0.388. The topological polar surface area (TPSA) is 283 Å². The number of nitrogens with zero attached hydrogens (tertiary/aromatic N) is 4. The van der Waals surface area contributed by atoms with Gasteiger partial charge in [-0.25, -0.2) is 8.42 Å². The van der Waals surface area contributed by atoms with E-state index >= 15 is 0 Å². The second kappa shape index (κ2) is 17.6. The average Bonchev–Trinajstić information content (AvgIpc) is 3.06. The summed E-state index contributed by atoms with van der Waals surface area (Å²) in [6.07, 6.45) is 0.708. The number of sulfone groups is 1. The van der Waals surface area contributed by atoms with Crippen molar-refractivity contribution in [2.24, 2.45) is 32.9 Å². The van der Waals surface area contributed by atoms with Crippen LogP contribution in [0.15, 0.2) is 102 Å². The predicted octanol–water partition coefficient (Wildman–Crippen LogP) is 5.43. The Labute approximate surface area is 311 Å². The van der Waals surface area contributed by atoms with Crippen molar-refractivity contribution < 1.29 is 27.9 Å². The lowest BCUT2D eigenvalue weighted by Crippen LogP contribution is -2.24. The molecular weight excluding hydrogens is 759 g/mol. The summed E-state index contributed by atoms with van der Waals surface area (Å²) in [5.74, 6) is -2.52. The first-order valence-corrected chi connectivity index (χ1v) is 17.8. The first-order chi connectivity index (χ1) is 24.4. The van der Waals surface area contributed by atoms with Gasteiger partial charge in [0.15, 0.2) is 11.9 Å². The van der Waals surface area contributed by atoms with Gasteiger partial charge < -0.3 is 22.9 Å². The van der Waals surface area contributed by atoms with Crippen molar-refractivity contribution >= 4 is 79.9 Å². The Balaban J connectivity index is 0.000000281. The molecule has 52 heavy (non-hydrogen) atoms. The van der Waals surface area contributed by atoms with Gasteiger partial charge in [-0.2, -0.15) is 9.98 Å². The summed E-state index contributed by atoms with van der Waals surface area (Å²) in [5, 5.41) is 23.6. The maximum absolute atomic E-state index is 12.9. The van der Waals surface area contributed by atoms with Gasteiger partial charge in [-0.3, -0.25) is 29.8 Å². The summed E-state index contributed by atoms with van der Waals surface area (Å²) < 4.78 is 25.8. The average molecular weight is 790 g/mol. The fraction of sp³-hybridized carbons (Fsp3) is 0.125. The molecule has 0 radical (unpaired) electrons. The lowest BCUT2D eigenvalue weighted by atomic mass is 10.0. The molecule has 0 bridgehead atoms. The molecule has 0 saturated carbocycles. The Morgan fingerprint density at radius 2 is 1.21 bits per heavy atom. The predicted molar refractivity (Wildman–Crippen MR) is 198 cm³/mol. The number of aryl methyl sites for hydroxylation is 2. The second-order valence-electron chi connectivity index (χ2n) is 10.4. The fourth-order valence-electron chi connectivity index (χ4n) is 4.56. The molecule has 4 aromatic carbocycles. The van der Waals surface area contributed by atoms with Gasteiger partial charge in [0.25, 0.3) is 23.2 Å². The zero-order chi connectivity index (χ0) is 38.9. The van der Waals surface area contributed by atoms with E-state index < -0.39 is 54.0 Å². The van der Waals surface area contributed by atoms with Crippen LogP contribution in [0.25, 0.3) is 0 Å². The van der Waals surface area contributed by atoms with Gasteiger partial charge >= 0.3 is 0 Å². The van der Waals surface area contributed by atoms with Crippen molar-refractivity contribution in [1.29, 1.82) is 0 Å². The summed E-state index contributed by atoms with van der Waals surface area (Å²) in [7, 11) is -4.26. The molecule has 0 saturated heterocycles. The van der Waals surface area contributed by atoms with Crippen LogP contribution in [0.3, 0.4) is 0 Å². The minimum Gasteiger partial charge on any atom is -0.370 e. The minimum absolute atomic E-state index is 0.109. The molecule has 20 heteroatoms. The van der Waals surface area contributed by atoms with Crippen molar-refractivity contribution in [2.45, 2.75) is 46.3 Å². The molecule has 0 spiro atoms. The maximum Gasteiger partial charge on any atom is 0.289 e. The molecule has 0 heterocycles. The van der Waals surface area contributed by atoms with Crippen LogP contribution in [0.4, 0.5) is 11.4 Å². The van der Waals surface area contributed by atoms with Crippen molar-refractivity contribution in [3.8, 4) is 0 Å². The molecular formula is C32H30Cl2N8O8S2. The Bertz CT molecular complexity index is 2240. The Hall–Kier alpha value is -5.56. The Kier molecular flexibility index (Phi) is 13.8. The van der Waals surface area contributed by atoms with Gasteiger partial charge in [0.05, 0.1) is 30.8 Å². The third-order valence-electron chi connectivity index (χ3n) is 6.87. The number of nitrogens with two attached hydrogens (primary N) is 4. The van der Waals surface area contributed by atoms with Crippen molar-refractivity contribution in [3.05, 3.63) is 125 Å². The zero-order valence-electron chi connectivity index (χ0n) is 27.3. The molecule has 4 aromatic rings. The summed E-state index contributed by atoms with van der Waals surface area (Å²) in [6, 6.07) is 17.1. The Morgan fingerprint density at radius 1 is 0.731 bits per heavy atom. The van der Waals surface area contributed by atoms with E-state index in [4.69, 9.17) is 46.1 Å². The molecule has 2 amide bonds. The molecule has 0 aliphatic rings. The van der Waals surface area contributed by atoms with Gasteiger partial charge in [0.1, 0.15) is 4.90 Å². The second-order valence-corrected chi connectivity index (χ2v) is 14.3. The highest BCUT2D eigenvalue weighted by Gasteiger charge is 2.31. The quantitative estimate of drug-likeness (QED) is 0.0675. The van der Waals surface area contributed by atoms with E-state index in [1.54, 1.807) is 37.3 Å². The van der Waals surface area contributed by atoms with Crippen LogP contribution < -0.4 is 22.9 Å². The first kappa shape index (κ1) is 40.9. The summed E-state index contributed by atoms with van der Waals surface area (Å²) in [6.45, 7) is 3.49. The van der Waals surface area contributed by atoms with Crippen LogP contribution in [0, 0.1) is 20.2 Å². The third kappa shape index (κ3) is 10.3.